The summed E-state index contributed by atoms with van der Waals surface area (Å²) in [6.07, 6.45) is 2.24. The molecule has 1 heterocycles. The molecule has 1 aliphatic rings. The number of phenols is 1. The summed E-state index contributed by atoms with van der Waals surface area (Å²) < 4.78 is 27.5. The number of amides is 1. The first kappa shape index (κ1) is 25.3. The van der Waals surface area contributed by atoms with Crippen molar-refractivity contribution >= 4 is 5.91 Å². The molecule has 8 nitrogen and oxygen atoms in total. The Labute approximate surface area is 201 Å². The van der Waals surface area contributed by atoms with Gasteiger partial charge >= 0.3 is 0 Å². The zero-order valence-corrected chi connectivity index (χ0v) is 20.8. The van der Waals surface area contributed by atoms with Crippen LogP contribution in [0.1, 0.15) is 43.2 Å². The molecule has 8 heteroatoms. The van der Waals surface area contributed by atoms with Crippen LogP contribution in [0.3, 0.4) is 0 Å². The molecule has 2 aromatic carbocycles. The van der Waals surface area contributed by atoms with Gasteiger partial charge in [-0.2, -0.15) is 0 Å². The van der Waals surface area contributed by atoms with Crippen molar-refractivity contribution in [3.8, 4) is 34.5 Å². The second-order valence-electron chi connectivity index (χ2n) is 8.56. The monoisotopic (exact) mass is 473 g/mol. The number of carbonyl (C=O) groups is 1. The number of nitrogens with zero attached hydrogens (tertiary/aromatic N) is 1. The fraction of sp³-hybridized carbons (Fsp3) is 0.500. The molecule has 0 aromatic heterocycles. The molecule has 2 atom stereocenters. The van der Waals surface area contributed by atoms with Crippen molar-refractivity contribution < 1.29 is 33.6 Å². The minimum absolute atomic E-state index is 0.0163. The van der Waals surface area contributed by atoms with Crippen molar-refractivity contribution in [3.05, 3.63) is 35.4 Å². The summed E-state index contributed by atoms with van der Waals surface area (Å²) in [5, 5.41) is 11.0. The highest BCUT2D eigenvalue weighted by molar-refractivity contribution is 5.79. The molecule has 1 N–H and O–H groups in total. The molecule has 0 radical (unpaired) electrons. The Kier molecular flexibility index (Phi) is 8.36. The van der Waals surface area contributed by atoms with Crippen LogP contribution in [0.5, 0.6) is 34.5 Å². The molecule has 0 spiro atoms. The number of hydrogen-bond donors (Lipinski definition) is 1. The maximum absolute atomic E-state index is 13.5. The van der Waals surface area contributed by atoms with Crippen molar-refractivity contribution in [3.63, 3.8) is 0 Å². The van der Waals surface area contributed by atoms with Crippen molar-refractivity contribution in [1.82, 2.24) is 4.90 Å². The maximum atomic E-state index is 13.5. The quantitative estimate of drug-likeness (QED) is 0.584. The number of ether oxygens (including phenoxy) is 5. The topological polar surface area (TPSA) is 86.7 Å². The van der Waals surface area contributed by atoms with Crippen LogP contribution in [-0.4, -0.2) is 64.6 Å². The Balaban J connectivity index is 2.15. The van der Waals surface area contributed by atoms with E-state index in [1.54, 1.807) is 32.4 Å². The van der Waals surface area contributed by atoms with E-state index in [9.17, 15) is 9.90 Å². The lowest BCUT2D eigenvalue weighted by Gasteiger charge is -2.32. The van der Waals surface area contributed by atoms with Crippen LogP contribution in [0.15, 0.2) is 24.3 Å². The van der Waals surface area contributed by atoms with E-state index in [0.29, 0.717) is 40.2 Å². The fourth-order valence-electron chi connectivity index (χ4n) is 4.63. The van der Waals surface area contributed by atoms with Crippen LogP contribution < -0.4 is 23.7 Å². The molecule has 34 heavy (non-hydrogen) atoms. The Hall–Kier alpha value is -3.29. The Bertz CT molecular complexity index is 982. The summed E-state index contributed by atoms with van der Waals surface area (Å²) in [5.41, 5.74) is 1.22. The van der Waals surface area contributed by atoms with E-state index in [2.05, 4.69) is 6.92 Å². The molecule has 1 aliphatic heterocycles. The molecule has 186 valence electrons. The van der Waals surface area contributed by atoms with Crippen molar-refractivity contribution in [2.24, 2.45) is 5.92 Å². The number of piperidine rings is 1. The second-order valence-corrected chi connectivity index (χ2v) is 8.56. The fourth-order valence-corrected chi connectivity index (χ4v) is 4.63. The molecule has 0 saturated carbocycles. The maximum Gasteiger partial charge on any atom is 0.223 e. The predicted octanol–water partition coefficient (Wildman–Crippen LogP) is 4.22. The Morgan fingerprint density at radius 2 is 1.62 bits per heavy atom. The first-order valence-electron chi connectivity index (χ1n) is 11.4. The van der Waals surface area contributed by atoms with Gasteiger partial charge in [-0.25, -0.2) is 0 Å². The standard InChI is InChI=1S/C26H35NO7/c1-16-8-7-9-27(15-16)24(29)14-19(25-20(28)12-18(30-2)13-21(25)31-3)17-10-22(32-4)26(34-6)23(11-17)33-5/h10-13,16,19,28H,7-9,14-15H2,1-6H3/t16-,19+/m0/s1. The van der Waals surface area contributed by atoms with E-state index in [4.69, 9.17) is 23.7 Å². The molecule has 3 rings (SSSR count). The SMILES string of the molecule is COc1cc(O)c([C@H](CC(=O)N2CCC[C@H](C)C2)c2cc(OC)c(OC)c(OC)c2)c(OC)c1. The van der Waals surface area contributed by atoms with Crippen LogP contribution in [0, 0.1) is 5.92 Å². The van der Waals surface area contributed by atoms with Gasteiger partial charge in [-0.15, -0.1) is 0 Å². The third-order valence-electron chi connectivity index (χ3n) is 6.38. The molecule has 1 amide bonds. The Morgan fingerprint density at radius 3 is 2.15 bits per heavy atom. The van der Waals surface area contributed by atoms with E-state index in [0.717, 1.165) is 31.5 Å². The number of methoxy groups -OCH3 is 5. The van der Waals surface area contributed by atoms with E-state index in [1.165, 1.54) is 27.4 Å². The van der Waals surface area contributed by atoms with Gasteiger partial charge in [0.25, 0.3) is 0 Å². The number of rotatable bonds is 9. The van der Waals surface area contributed by atoms with E-state index in [1.807, 2.05) is 4.90 Å². The summed E-state index contributed by atoms with van der Waals surface area (Å²) in [5.74, 6) is 2.20. The van der Waals surface area contributed by atoms with Crippen molar-refractivity contribution in [2.45, 2.75) is 32.1 Å². The highest BCUT2D eigenvalue weighted by atomic mass is 16.5. The summed E-state index contributed by atoms with van der Waals surface area (Å²) in [6.45, 7) is 3.62. The minimum atomic E-state index is -0.528. The lowest BCUT2D eigenvalue weighted by atomic mass is 9.85. The molecular weight excluding hydrogens is 438 g/mol. The van der Waals surface area contributed by atoms with Gasteiger partial charge in [0.05, 0.1) is 35.5 Å². The number of hydrogen-bond acceptors (Lipinski definition) is 7. The number of benzene rings is 2. The number of carbonyl (C=O) groups excluding carboxylic acids is 1. The minimum Gasteiger partial charge on any atom is -0.507 e. The van der Waals surface area contributed by atoms with Crippen LogP contribution >= 0.6 is 0 Å². The van der Waals surface area contributed by atoms with Gasteiger partial charge in [0.2, 0.25) is 11.7 Å². The van der Waals surface area contributed by atoms with Crippen LogP contribution in [-0.2, 0) is 4.79 Å². The molecule has 1 fully saturated rings. The smallest absolute Gasteiger partial charge is 0.223 e. The van der Waals surface area contributed by atoms with Crippen LogP contribution in [0.4, 0.5) is 0 Å². The van der Waals surface area contributed by atoms with E-state index in [-0.39, 0.29) is 18.1 Å². The molecule has 0 unspecified atom stereocenters. The summed E-state index contributed by atoms with van der Waals surface area (Å²) >= 11 is 0. The molecular formula is C26H35NO7. The second kappa shape index (κ2) is 11.2. The van der Waals surface area contributed by atoms with Gasteiger partial charge in [-0.05, 0) is 36.5 Å². The van der Waals surface area contributed by atoms with Crippen LogP contribution in [0.25, 0.3) is 0 Å². The van der Waals surface area contributed by atoms with E-state index >= 15 is 0 Å². The molecule has 0 aliphatic carbocycles. The zero-order chi connectivity index (χ0) is 24.8. The van der Waals surface area contributed by atoms with Gasteiger partial charge in [-0.1, -0.05) is 6.92 Å². The summed E-state index contributed by atoms with van der Waals surface area (Å²) in [7, 11) is 7.67. The van der Waals surface area contributed by atoms with Crippen LogP contribution in [0.2, 0.25) is 0 Å². The Morgan fingerprint density at radius 1 is 0.971 bits per heavy atom. The third kappa shape index (κ3) is 5.26. The third-order valence-corrected chi connectivity index (χ3v) is 6.38. The molecule has 0 bridgehead atoms. The first-order valence-corrected chi connectivity index (χ1v) is 11.4. The van der Waals surface area contributed by atoms with Gasteiger partial charge in [-0.3, -0.25) is 4.79 Å². The van der Waals surface area contributed by atoms with Gasteiger partial charge in [0.1, 0.15) is 17.2 Å². The highest BCUT2D eigenvalue weighted by Gasteiger charge is 2.31. The van der Waals surface area contributed by atoms with Gasteiger partial charge in [0.15, 0.2) is 11.5 Å². The number of aromatic hydroxyl groups is 1. The normalized spacial score (nSPS) is 16.5. The van der Waals surface area contributed by atoms with Gasteiger partial charge in [0, 0.05) is 43.1 Å². The zero-order valence-electron chi connectivity index (χ0n) is 20.8. The van der Waals surface area contributed by atoms with Crippen molar-refractivity contribution in [1.29, 1.82) is 0 Å². The average molecular weight is 474 g/mol. The first-order chi connectivity index (χ1) is 16.4. The molecule has 2 aromatic rings. The summed E-state index contributed by atoms with van der Waals surface area (Å²) in [4.78, 5) is 15.4. The summed E-state index contributed by atoms with van der Waals surface area (Å²) in [6, 6.07) is 6.84. The lowest BCUT2D eigenvalue weighted by Crippen LogP contribution is -2.39. The highest BCUT2D eigenvalue weighted by Crippen LogP contribution is 2.47. The van der Waals surface area contributed by atoms with E-state index < -0.39 is 5.92 Å². The lowest BCUT2D eigenvalue weighted by molar-refractivity contribution is -0.133. The predicted molar refractivity (Wildman–Crippen MR) is 129 cm³/mol. The van der Waals surface area contributed by atoms with Gasteiger partial charge < -0.3 is 33.7 Å². The molecule has 1 saturated heterocycles. The number of likely N-dealkylation sites (tertiary alicyclic amines) is 1. The largest absolute Gasteiger partial charge is 0.507 e. The number of phenolic OH excluding ortho intramolecular Hbond substituents is 1. The average Bonchev–Trinajstić information content (AvgIpc) is 2.85. The van der Waals surface area contributed by atoms with Crippen molar-refractivity contribution in [2.75, 3.05) is 48.6 Å².